The van der Waals surface area contributed by atoms with Crippen molar-refractivity contribution in [2.75, 3.05) is 7.11 Å². The zero-order chi connectivity index (χ0) is 16.2. The lowest BCUT2D eigenvalue weighted by atomic mass is 9.71. The highest BCUT2D eigenvalue weighted by atomic mass is 35.5. The maximum atomic E-state index is 13.9. The molecule has 22 heavy (non-hydrogen) atoms. The molecule has 1 heterocycles. The number of hydrogen-bond donors (Lipinski definition) is 0. The SMILES string of the molecule is COC(C)CCCC1(c2ccc(Cl)c(F)c2)CC[Si](F)CC1. The van der Waals surface area contributed by atoms with E-state index in [0.29, 0.717) is 12.1 Å². The fourth-order valence-corrected chi connectivity index (χ4v) is 5.22. The highest BCUT2D eigenvalue weighted by molar-refractivity contribution is 6.51. The normalized spacial score (nSPS) is 20.0. The van der Waals surface area contributed by atoms with E-state index in [0.717, 1.165) is 37.7 Å². The van der Waals surface area contributed by atoms with Crippen LogP contribution in [0.5, 0.6) is 0 Å². The average molecular weight is 346 g/mol. The van der Waals surface area contributed by atoms with Gasteiger partial charge < -0.3 is 8.84 Å². The van der Waals surface area contributed by atoms with Gasteiger partial charge in [0.2, 0.25) is 0 Å². The Morgan fingerprint density at radius 1 is 1.36 bits per heavy atom. The van der Waals surface area contributed by atoms with Crippen LogP contribution in [0.1, 0.15) is 44.6 Å². The molecule has 1 fully saturated rings. The molecule has 1 saturated heterocycles. The second-order valence-electron chi connectivity index (χ2n) is 6.37. The number of benzene rings is 1. The van der Waals surface area contributed by atoms with Gasteiger partial charge in [-0.25, -0.2) is 4.39 Å². The Kier molecular flexibility index (Phi) is 6.42. The molecular formula is C17H24ClF2OSi. The van der Waals surface area contributed by atoms with Gasteiger partial charge in [-0.05, 0) is 67.8 Å². The Bertz CT molecular complexity index is 490. The molecule has 1 aromatic rings. The molecule has 1 nitrogen and oxygen atoms in total. The van der Waals surface area contributed by atoms with Gasteiger partial charge in [-0.1, -0.05) is 24.1 Å². The first kappa shape index (κ1) is 17.9. The summed E-state index contributed by atoms with van der Waals surface area (Å²) in [4.78, 5) is 0. The number of halogens is 3. The molecule has 1 unspecified atom stereocenters. The maximum absolute atomic E-state index is 13.9. The highest BCUT2D eigenvalue weighted by Gasteiger charge is 2.38. The third-order valence-electron chi connectivity index (χ3n) is 4.95. The summed E-state index contributed by atoms with van der Waals surface area (Å²) >= 11 is 5.81. The summed E-state index contributed by atoms with van der Waals surface area (Å²) in [6.45, 7) is 2.05. The first-order chi connectivity index (χ1) is 10.5. The highest BCUT2D eigenvalue weighted by Crippen LogP contribution is 2.44. The molecule has 1 aromatic carbocycles. The van der Waals surface area contributed by atoms with Crippen molar-refractivity contribution in [2.45, 2.75) is 62.6 Å². The first-order valence-corrected chi connectivity index (χ1v) is 10.1. The summed E-state index contributed by atoms with van der Waals surface area (Å²) in [5, 5.41) is 0.151. The average Bonchev–Trinajstić information content (AvgIpc) is 2.52. The molecule has 123 valence electrons. The lowest BCUT2D eigenvalue weighted by molar-refractivity contribution is 0.106. The van der Waals surface area contributed by atoms with Crippen molar-refractivity contribution in [3.63, 3.8) is 0 Å². The zero-order valence-electron chi connectivity index (χ0n) is 13.3. The molecule has 0 spiro atoms. The Morgan fingerprint density at radius 2 is 2.05 bits per heavy atom. The van der Waals surface area contributed by atoms with E-state index < -0.39 is 9.13 Å². The van der Waals surface area contributed by atoms with Crippen LogP contribution in [-0.4, -0.2) is 22.3 Å². The van der Waals surface area contributed by atoms with E-state index in [1.165, 1.54) is 0 Å². The lowest BCUT2D eigenvalue weighted by Crippen LogP contribution is -2.33. The topological polar surface area (TPSA) is 9.23 Å². The number of ether oxygens (including phenoxy) is 1. The first-order valence-electron chi connectivity index (χ1n) is 7.95. The van der Waals surface area contributed by atoms with Gasteiger partial charge in [0.1, 0.15) is 5.82 Å². The maximum Gasteiger partial charge on any atom is 0.271 e. The van der Waals surface area contributed by atoms with E-state index in [1.54, 1.807) is 19.2 Å². The molecule has 1 atom stereocenters. The minimum atomic E-state index is -1.68. The molecule has 0 N–H and O–H groups in total. The Hall–Kier alpha value is -0.453. The summed E-state index contributed by atoms with van der Waals surface area (Å²) in [6, 6.07) is 6.42. The predicted octanol–water partition coefficient (Wildman–Crippen LogP) is 5.68. The summed E-state index contributed by atoms with van der Waals surface area (Å²) in [5.74, 6) is -0.375. The van der Waals surface area contributed by atoms with Crippen molar-refractivity contribution < 1.29 is 13.2 Å². The number of hydrogen-bond acceptors (Lipinski definition) is 1. The molecule has 0 aromatic heterocycles. The zero-order valence-corrected chi connectivity index (χ0v) is 15.1. The van der Waals surface area contributed by atoms with Gasteiger partial charge in [0.25, 0.3) is 9.13 Å². The van der Waals surface area contributed by atoms with Gasteiger partial charge in [0.05, 0.1) is 11.1 Å². The largest absolute Gasteiger partial charge is 0.382 e. The molecule has 1 aliphatic rings. The minimum Gasteiger partial charge on any atom is -0.382 e. The van der Waals surface area contributed by atoms with Gasteiger partial charge >= 0.3 is 0 Å². The molecule has 5 heteroatoms. The quantitative estimate of drug-likeness (QED) is 0.476. The van der Waals surface area contributed by atoms with E-state index in [2.05, 4.69) is 6.92 Å². The van der Waals surface area contributed by atoms with E-state index in [1.807, 2.05) is 6.07 Å². The second-order valence-corrected chi connectivity index (χ2v) is 8.81. The standard InChI is InChI=1S/C17H24ClF2OSi/c1-13(21-2)4-3-7-17(8-10-22(20)11-9-17)14-5-6-15(18)16(19)12-14/h5-6,12-13H,3-4,7-11H2,1-2H3. The summed E-state index contributed by atoms with van der Waals surface area (Å²) in [7, 11) is 0.0377. The van der Waals surface area contributed by atoms with Crippen molar-refractivity contribution in [1.82, 2.24) is 0 Å². The third-order valence-corrected chi connectivity index (χ3v) is 6.84. The minimum absolute atomic E-state index is 0.0981. The Labute approximate surface area is 138 Å². The van der Waals surface area contributed by atoms with E-state index in [9.17, 15) is 8.50 Å². The molecule has 2 rings (SSSR count). The van der Waals surface area contributed by atoms with Crippen molar-refractivity contribution in [3.05, 3.63) is 34.6 Å². The Morgan fingerprint density at radius 3 is 2.64 bits per heavy atom. The molecule has 0 bridgehead atoms. The van der Waals surface area contributed by atoms with Gasteiger partial charge in [-0.15, -0.1) is 0 Å². The van der Waals surface area contributed by atoms with Crippen molar-refractivity contribution in [3.8, 4) is 0 Å². The van der Waals surface area contributed by atoms with Crippen molar-refractivity contribution in [1.29, 1.82) is 0 Å². The fourth-order valence-electron chi connectivity index (χ4n) is 3.35. The van der Waals surface area contributed by atoms with Crippen molar-refractivity contribution >= 4 is 20.7 Å². The van der Waals surface area contributed by atoms with Crippen LogP contribution >= 0.6 is 11.6 Å². The van der Waals surface area contributed by atoms with Gasteiger partial charge in [-0.3, -0.25) is 0 Å². The number of methoxy groups -OCH3 is 1. The van der Waals surface area contributed by atoms with Crippen LogP contribution < -0.4 is 0 Å². The van der Waals surface area contributed by atoms with E-state index in [4.69, 9.17) is 16.3 Å². The van der Waals surface area contributed by atoms with Gasteiger partial charge in [0.15, 0.2) is 0 Å². The predicted molar refractivity (Wildman–Crippen MR) is 89.1 cm³/mol. The van der Waals surface area contributed by atoms with Crippen LogP contribution in [-0.2, 0) is 10.2 Å². The van der Waals surface area contributed by atoms with Crippen LogP contribution in [0.15, 0.2) is 18.2 Å². The molecular weight excluding hydrogens is 322 g/mol. The van der Waals surface area contributed by atoms with Crippen LogP contribution in [0.4, 0.5) is 8.50 Å². The summed E-state index contributed by atoms with van der Waals surface area (Å²) in [5.41, 5.74) is 0.882. The van der Waals surface area contributed by atoms with E-state index >= 15 is 0 Å². The van der Waals surface area contributed by atoms with E-state index in [-0.39, 0.29) is 22.4 Å². The summed E-state index contributed by atoms with van der Waals surface area (Å²) < 4.78 is 32.8. The van der Waals surface area contributed by atoms with Crippen LogP contribution in [0.25, 0.3) is 0 Å². The van der Waals surface area contributed by atoms with Crippen molar-refractivity contribution in [2.24, 2.45) is 0 Å². The van der Waals surface area contributed by atoms with Gasteiger partial charge in [-0.2, -0.15) is 0 Å². The van der Waals surface area contributed by atoms with Gasteiger partial charge in [0, 0.05) is 7.11 Å². The number of rotatable bonds is 6. The second kappa shape index (κ2) is 7.89. The van der Waals surface area contributed by atoms with Crippen LogP contribution in [0, 0.1) is 5.82 Å². The fraction of sp³-hybridized carbons (Fsp3) is 0.647. The third kappa shape index (κ3) is 4.30. The Balaban J connectivity index is 2.16. The van der Waals surface area contributed by atoms with Crippen LogP contribution in [0.2, 0.25) is 17.1 Å². The van der Waals surface area contributed by atoms with Crippen LogP contribution in [0.3, 0.4) is 0 Å². The lowest BCUT2D eigenvalue weighted by Gasteiger charge is -2.39. The molecule has 0 saturated carbocycles. The monoisotopic (exact) mass is 345 g/mol. The molecule has 1 aliphatic heterocycles. The molecule has 0 aliphatic carbocycles. The molecule has 1 radical (unpaired) electrons. The molecule has 0 amide bonds. The smallest absolute Gasteiger partial charge is 0.271 e. The summed E-state index contributed by atoms with van der Waals surface area (Å²) in [6.07, 6.45) is 4.80.